The average Bonchev–Trinajstić information content (AvgIpc) is 3.18. The zero-order valence-electron chi connectivity index (χ0n) is 25.8. The standard InChI is InChI=1S/C36H41N3O6S/c1-20-2-3-24-17-28-12-13-29(24)30(20)19-32(46(41,42)43)31-18-26-16-25(14-15-44-34(26)22-8-10-27(40)11-9-22)33(31)21-4-6-23(7-5-21)35(45-28)39-36(37)38/h4-13,17-18,20,25,30-35,40H,2-3,14-16,19H2,1H3,(H4,37,38,39)(H,41,42,43). The zero-order chi connectivity index (χ0) is 32.2. The van der Waals surface area contributed by atoms with Crippen LogP contribution in [-0.4, -0.2) is 35.9 Å². The molecule has 4 heterocycles. The van der Waals surface area contributed by atoms with Crippen molar-refractivity contribution in [2.24, 2.45) is 34.2 Å². The Bertz CT molecular complexity index is 1770. The number of guanidine groups is 1. The number of hydrogen-bond acceptors (Lipinski definition) is 6. The SMILES string of the molecule is CC1CCc2cc3ccc2C1CC(S(=O)(=O)O)C1C=C2CC(CCOC2c2ccc(O)cc2)C1c1ccc(cc1)C(N=C(N)N)O3. The smallest absolute Gasteiger partial charge is 0.268 e. The lowest BCUT2D eigenvalue weighted by atomic mass is 9.65. The second-order valence-corrected chi connectivity index (χ2v) is 15.0. The largest absolute Gasteiger partial charge is 0.508 e. The molecule has 1 fully saturated rings. The van der Waals surface area contributed by atoms with Crippen molar-refractivity contribution in [3.63, 3.8) is 0 Å². The Morgan fingerprint density at radius 1 is 0.957 bits per heavy atom. The molecule has 242 valence electrons. The van der Waals surface area contributed by atoms with Gasteiger partial charge in [0.2, 0.25) is 6.23 Å². The molecular formula is C36H41N3O6S. The van der Waals surface area contributed by atoms with Crippen molar-refractivity contribution in [3.05, 3.63) is 106 Å². The number of phenols is 1. The lowest BCUT2D eigenvalue weighted by Gasteiger charge is -2.42. The first-order valence-electron chi connectivity index (χ1n) is 16.1. The summed E-state index contributed by atoms with van der Waals surface area (Å²) in [6.45, 7) is 2.67. The molecule has 6 N–H and O–H groups in total. The molecule has 8 atom stereocenters. The van der Waals surface area contributed by atoms with E-state index in [2.05, 4.69) is 18.0 Å². The number of nitrogens with two attached hydrogens (primary N) is 2. The van der Waals surface area contributed by atoms with Crippen LogP contribution < -0.4 is 16.2 Å². The number of aromatic hydroxyl groups is 1. The molecule has 3 aromatic carbocycles. The average molecular weight is 644 g/mol. The molecule has 0 aromatic heterocycles. The fraction of sp³-hybridized carbons (Fsp3) is 0.417. The quantitative estimate of drug-likeness (QED) is 0.119. The fourth-order valence-corrected chi connectivity index (χ4v) is 9.50. The van der Waals surface area contributed by atoms with E-state index in [1.165, 1.54) is 0 Å². The maximum absolute atomic E-state index is 13.6. The number of aryl methyl sites for hydroxylation is 1. The Morgan fingerprint density at radius 2 is 1.67 bits per heavy atom. The van der Waals surface area contributed by atoms with Crippen LogP contribution in [-0.2, 0) is 21.3 Å². The molecule has 8 unspecified atom stereocenters. The monoisotopic (exact) mass is 643 g/mol. The van der Waals surface area contributed by atoms with Crippen LogP contribution in [0.1, 0.15) is 84.6 Å². The number of nitrogens with zero attached hydrogens (tertiary/aromatic N) is 1. The van der Waals surface area contributed by atoms with Crippen molar-refractivity contribution >= 4 is 16.1 Å². The van der Waals surface area contributed by atoms with E-state index >= 15 is 0 Å². The van der Waals surface area contributed by atoms with Crippen molar-refractivity contribution in [1.82, 2.24) is 0 Å². The minimum atomic E-state index is -4.48. The molecule has 9 nitrogen and oxygen atoms in total. The van der Waals surface area contributed by atoms with Gasteiger partial charge in [0.25, 0.3) is 10.1 Å². The van der Waals surface area contributed by atoms with Crippen molar-refractivity contribution in [2.75, 3.05) is 6.61 Å². The van der Waals surface area contributed by atoms with Gasteiger partial charge in [0.1, 0.15) is 17.6 Å². The van der Waals surface area contributed by atoms with Crippen molar-refractivity contribution in [3.8, 4) is 11.5 Å². The van der Waals surface area contributed by atoms with E-state index in [4.69, 9.17) is 20.9 Å². The highest BCUT2D eigenvalue weighted by molar-refractivity contribution is 7.86. The summed E-state index contributed by atoms with van der Waals surface area (Å²) in [5.74, 6) is 0.279. The van der Waals surface area contributed by atoms with Gasteiger partial charge in [0.15, 0.2) is 5.96 Å². The van der Waals surface area contributed by atoms with E-state index in [9.17, 15) is 18.1 Å². The summed E-state index contributed by atoms with van der Waals surface area (Å²) < 4.78 is 51.0. The number of rotatable bonds is 3. The third-order valence-corrected chi connectivity index (χ3v) is 11.9. The summed E-state index contributed by atoms with van der Waals surface area (Å²) in [7, 11) is -4.48. The van der Waals surface area contributed by atoms with Gasteiger partial charge < -0.3 is 26.0 Å². The molecule has 8 bridgehead atoms. The lowest BCUT2D eigenvalue weighted by Crippen LogP contribution is -2.40. The van der Waals surface area contributed by atoms with Crippen LogP contribution in [0.15, 0.2) is 83.4 Å². The molecule has 2 aliphatic carbocycles. The van der Waals surface area contributed by atoms with Crippen molar-refractivity contribution in [2.45, 2.75) is 68.4 Å². The Hall–Kier alpha value is -3.86. The van der Waals surface area contributed by atoms with Crippen LogP contribution >= 0.6 is 0 Å². The second-order valence-electron chi connectivity index (χ2n) is 13.4. The van der Waals surface area contributed by atoms with Crippen LogP contribution in [0.3, 0.4) is 0 Å². The van der Waals surface area contributed by atoms with Gasteiger partial charge in [-0.3, -0.25) is 4.55 Å². The highest BCUT2D eigenvalue weighted by Gasteiger charge is 2.47. The highest BCUT2D eigenvalue weighted by Crippen LogP contribution is 2.53. The van der Waals surface area contributed by atoms with Crippen LogP contribution in [0.25, 0.3) is 0 Å². The molecule has 1 saturated heterocycles. The third kappa shape index (κ3) is 5.89. The van der Waals surface area contributed by atoms with Gasteiger partial charge >= 0.3 is 0 Å². The van der Waals surface area contributed by atoms with Gasteiger partial charge in [-0.05, 0) is 108 Å². The topological polar surface area (TPSA) is 157 Å². The maximum Gasteiger partial charge on any atom is 0.268 e. The Balaban J connectivity index is 1.42. The summed E-state index contributed by atoms with van der Waals surface area (Å²) in [5, 5.41) is 8.90. The first-order chi connectivity index (χ1) is 22.0. The number of aliphatic imine (C=N–C) groups is 1. The molecule has 3 aromatic rings. The molecular weight excluding hydrogens is 602 g/mol. The normalized spacial score (nSPS) is 30.5. The number of hydrogen-bond donors (Lipinski definition) is 4. The molecule has 0 saturated carbocycles. The number of fused-ring (bicyclic) bond motifs is 4. The van der Waals surface area contributed by atoms with Crippen LogP contribution in [0.2, 0.25) is 0 Å². The number of benzene rings is 3. The van der Waals surface area contributed by atoms with E-state index in [1.807, 2.05) is 54.6 Å². The van der Waals surface area contributed by atoms with Crippen molar-refractivity contribution in [1.29, 1.82) is 0 Å². The molecule has 0 spiro atoms. The van der Waals surface area contributed by atoms with Crippen LogP contribution in [0.4, 0.5) is 0 Å². The summed E-state index contributed by atoms with van der Waals surface area (Å²) in [5.41, 5.74) is 17.5. The van der Waals surface area contributed by atoms with Gasteiger partial charge in [0.05, 0.1) is 5.25 Å². The van der Waals surface area contributed by atoms with Gasteiger partial charge in [-0.15, -0.1) is 0 Å². The summed E-state index contributed by atoms with van der Waals surface area (Å²) in [6, 6.07) is 20.9. The Morgan fingerprint density at radius 3 is 2.39 bits per heavy atom. The molecule has 10 heteroatoms. The Labute approximate surface area is 270 Å². The number of phenolic OH excluding ortho intramolecular Hbond substituents is 1. The summed E-state index contributed by atoms with van der Waals surface area (Å²) >= 11 is 0. The van der Waals surface area contributed by atoms with Crippen molar-refractivity contribution < 1.29 is 27.6 Å². The van der Waals surface area contributed by atoms with Gasteiger partial charge in [-0.25, -0.2) is 4.99 Å². The molecule has 0 amide bonds. The van der Waals surface area contributed by atoms with E-state index in [0.29, 0.717) is 18.8 Å². The van der Waals surface area contributed by atoms with Gasteiger partial charge in [-0.1, -0.05) is 55.5 Å². The fourth-order valence-electron chi connectivity index (χ4n) is 8.40. The van der Waals surface area contributed by atoms with E-state index in [0.717, 1.165) is 59.1 Å². The molecule has 0 radical (unpaired) electrons. The van der Waals surface area contributed by atoms with E-state index in [-0.39, 0.29) is 41.5 Å². The van der Waals surface area contributed by atoms with Crippen LogP contribution in [0.5, 0.6) is 11.5 Å². The van der Waals surface area contributed by atoms with E-state index in [1.54, 1.807) is 12.1 Å². The first-order valence-corrected chi connectivity index (χ1v) is 17.6. The summed E-state index contributed by atoms with van der Waals surface area (Å²) in [6.07, 6.45) is 4.46. The number of ether oxygens (including phenoxy) is 2. The predicted molar refractivity (Wildman–Crippen MR) is 176 cm³/mol. The molecule has 6 aliphatic rings. The first kappa shape index (κ1) is 30.8. The molecule has 4 aliphatic heterocycles. The van der Waals surface area contributed by atoms with E-state index < -0.39 is 27.5 Å². The minimum Gasteiger partial charge on any atom is -0.508 e. The highest BCUT2D eigenvalue weighted by atomic mass is 32.2. The summed E-state index contributed by atoms with van der Waals surface area (Å²) in [4.78, 5) is 4.40. The maximum atomic E-state index is 13.6. The second kappa shape index (κ2) is 12.1. The molecule has 46 heavy (non-hydrogen) atoms. The molecule has 9 rings (SSSR count). The minimum absolute atomic E-state index is 0.0720. The number of allylic oxidation sites excluding steroid dienone is 1. The van der Waals surface area contributed by atoms with Gasteiger partial charge in [0, 0.05) is 18.1 Å². The predicted octanol–water partition coefficient (Wildman–Crippen LogP) is 5.88. The lowest BCUT2D eigenvalue weighted by molar-refractivity contribution is 0.0813. The Kier molecular flexibility index (Phi) is 8.07. The third-order valence-electron chi connectivity index (χ3n) is 10.6. The van der Waals surface area contributed by atoms with Crippen LogP contribution in [0, 0.1) is 17.8 Å². The zero-order valence-corrected chi connectivity index (χ0v) is 26.6. The van der Waals surface area contributed by atoms with Gasteiger partial charge in [-0.2, -0.15) is 8.42 Å².